The zero-order valence-electron chi connectivity index (χ0n) is 14.7. The van der Waals surface area contributed by atoms with Crippen molar-refractivity contribution in [1.82, 2.24) is 0 Å². The van der Waals surface area contributed by atoms with Crippen LogP contribution in [0.5, 0.6) is 23.0 Å². The zero-order valence-corrected chi connectivity index (χ0v) is 22.6. The Morgan fingerprint density at radius 3 is 1.84 bits per heavy atom. The van der Waals surface area contributed by atoms with E-state index in [1.54, 1.807) is 18.2 Å². The largest absolute Gasteiger partial charge is 0.505 e. The highest BCUT2D eigenvalue weighted by molar-refractivity contribution is 9.11. The Labute approximate surface area is 218 Å². The molecule has 0 radical (unpaired) electrons. The number of halogens is 6. The summed E-state index contributed by atoms with van der Waals surface area (Å²) in [6.45, 7) is 0. The topological polar surface area (TPSA) is 76.0 Å². The maximum Gasteiger partial charge on any atom is 0.341 e. The number of hydrogen-bond donors (Lipinski definition) is 2. The highest BCUT2D eigenvalue weighted by atomic mass is 79.9. The van der Waals surface area contributed by atoms with Gasteiger partial charge in [0.1, 0.15) is 20.4 Å². The lowest BCUT2D eigenvalue weighted by Crippen LogP contribution is -2.33. The van der Waals surface area contributed by atoms with Crippen LogP contribution in [0.3, 0.4) is 0 Å². The summed E-state index contributed by atoms with van der Waals surface area (Å²) in [4.78, 5) is 13.1. The summed E-state index contributed by atoms with van der Waals surface area (Å²) < 4.78 is 13.3. The van der Waals surface area contributed by atoms with Crippen LogP contribution in [0.4, 0.5) is 0 Å². The van der Waals surface area contributed by atoms with Crippen molar-refractivity contribution >= 4 is 92.9 Å². The van der Waals surface area contributed by atoms with Crippen LogP contribution in [0.1, 0.15) is 27.0 Å². The van der Waals surface area contributed by atoms with Gasteiger partial charge < -0.3 is 19.7 Å². The average molecular weight is 717 g/mol. The molecule has 3 aromatic rings. The molecule has 0 saturated carbocycles. The second-order valence-electron chi connectivity index (χ2n) is 6.75. The molecule has 2 N–H and O–H groups in total. The number of aromatic hydroxyl groups is 2. The van der Waals surface area contributed by atoms with Gasteiger partial charge in [-0.05, 0) is 88.0 Å². The highest BCUT2D eigenvalue weighted by Crippen LogP contribution is 2.63. The molecule has 2 aliphatic heterocycles. The van der Waals surface area contributed by atoms with Gasteiger partial charge in [0.15, 0.2) is 17.1 Å². The Morgan fingerprint density at radius 2 is 1.32 bits per heavy atom. The van der Waals surface area contributed by atoms with Gasteiger partial charge in [-0.1, -0.05) is 23.2 Å². The van der Waals surface area contributed by atoms with E-state index in [-0.39, 0.29) is 47.6 Å². The van der Waals surface area contributed by atoms with Gasteiger partial charge in [-0.25, -0.2) is 4.79 Å². The Balaban J connectivity index is 2.03. The van der Waals surface area contributed by atoms with Crippen molar-refractivity contribution in [3.63, 3.8) is 0 Å². The molecule has 2 aliphatic rings. The molecule has 5 nitrogen and oxygen atoms in total. The van der Waals surface area contributed by atoms with Crippen molar-refractivity contribution in [1.29, 1.82) is 0 Å². The first-order valence-electron chi connectivity index (χ1n) is 8.42. The number of carbonyl (C=O) groups is 1. The maximum atomic E-state index is 13.1. The number of phenolic OH excluding ortho intramolecular Hbond substituents is 2. The molecule has 0 bridgehead atoms. The Hall–Kier alpha value is -0.970. The normalized spacial score (nSPS) is 15.2. The van der Waals surface area contributed by atoms with Crippen molar-refractivity contribution in [2.24, 2.45) is 0 Å². The number of carbonyl (C=O) groups excluding carboxylic acids is 1. The molecule has 1 spiro atoms. The summed E-state index contributed by atoms with van der Waals surface area (Å²) >= 11 is 26.3. The van der Waals surface area contributed by atoms with Gasteiger partial charge >= 0.3 is 5.97 Å². The van der Waals surface area contributed by atoms with Gasteiger partial charge in [0, 0.05) is 10.6 Å². The summed E-state index contributed by atoms with van der Waals surface area (Å²) in [6.07, 6.45) is 0. The van der Waals surface area contributed by atoms with Gasteiger partial charge in [-0.15, -0.1) is 0 Å². The van der Waals surface area contributed by atoms with Crippen molar-refractivity contribution in [2.45, 2.75) is 5.60 Å². The predicted molar refractivity (Wildman–Crippen MR) is 129 cm³/mol. The molecule has 0 atom stereocenters. The van der Waals surface area contributed by atoms with Gasteiger partial charge in [-0.2, -0.15) is 0 Å². The Morgan fingerprint density at radius 1 is 0.839 bits per heavy atom. The van der Waals surface area contributed by atoms with Crippen LogP contribution in [-0.2, 0) is 10.3 Å². The average Bonchev–Trinajstić information content (AvgIpc) is 3.04. The first kappa shape index (κ1) is 21.9. The third-order valence-corrected chi connectivity index (χ3v) is 8.48. The molecule has 11 heteroatoms. The number of esters is 1. The number of fused-ring (bicyclic) bond motifs is 6. The van der Waals surface area contributed by atoms with E-state index in [0.717, 1.165) is 0 Å². The van der Waals surface area contributed by atoms with Crippen LogP contribution in [-0.4, -0.2) is 16.2 Å². The highest BCUT2D eigenvalue weighted by Gasteiger charge is 2.57. The van der Waals surface area contributed by atoms with Crippen molar-refractivity contribution < 1.29 is 24.5 Å². The van der Waals surface area contributed by atoms with E-state index >= 15 is 0 Å². The lowest BCUT2D eigenvalue weighted by atomic mass is 9.77. The minimum Gasteiger partial charge on any atom is -0.505 e. The van der Waals surface area contributed by atoms with E-state index in [0.29, 0.717) is 25.6 Å². The maximum absolute atomic E-state index is 13.1. The second kappa shape index (κ2) is 7.27. The van der Waals surface area contributed by atoms with Crippen LogP contribution in [0.2, 0.25) is 10.0 Å². The molecule has 158 valence electrons. The zero-order chi connectivity index (χ0) is 22.4. The molecule has 0 unspecified atom stereocenters. The first-order chi connectivity index (χ1) is 14.6. The molecule has 31 heavy (non-hydrogen) atoms. The Kier molecular flexibility index (Phi) is 5.12. The summed E-state index contributed by atoms with van der Waals surface area (Å²) in [5.74, 6) is -0.519. The molecule has 3 aromatic carbocycles. The molecule has 2 heterocycles. The number of rotatable bonds is 0. The fourth-order valence-electron chi connectivity index (χ4n) is 3.87. The fraction of sp³-hybridized carbons (Fsp3) is 0.0500. The van der Waals surface area contributed by atoms with Crippen LogP contribution < -0.4 is 4.74 Å². The van der Waals surface area contributed by atoms with Gasteiger partial charge in [0.25, 0.3) is 0 Å². The number of benzene rings is 3. The number of hydrogen-bond acceptors (Lipinski definition) is 5. The molecule has 5 rings (SSSR count). The van der Waals surface area contributed by atoms with Gasteiger partial charge in [0.05, 0.1) is 30.7 Å². The van der Waals surface area contributed by atoms with Crippen LogP contribution in [0.15, 0.2) is 42.2 Å². The molecule has 0 aromatic heterocycles. The van der Waals surface area contributed by atoms with E-state index < -0.39 is 11.6 Å². The molecular weight excluding hydrogens is 711 g/mol. The second-order valence-corrected chi connectivity index (χ2v) is 10.9. The van der Waals surface area contributed by atoms with Crippen molar-refractivity contribution in [2.75, 3.05) is 0 Å². The summed E-state index contributed by atoms with van der Waals surface area (Å²) in [5.41, 5.74) is -0.288. The van der Waals surface area contributed by atoms with E-state index in [1.807, 2.05) is 0 Å². The van der Waals surface area contributed by atoms with Gasteiger partial charge in [-0.3, -0.25) is 0 Å². The minimum absolute atomic E-state index is 0.114. The summed E-state index contributed by atoms with van der Waals surface area (Å²) in [7, 11) is 0. The molecule has 0 saturated heterocycles. The van der Waals surface area contributed by atoms with E-state index in [1.165, 1.54) is 6.07 Å². The molecule has 0 aliphatic carbocycles. The molecular formula is C20H6Br4Cl2O5. The third-order valence-electron chi connectivity index (χ3n) is 5.17. The van der Waals surface area contributed by atoms with Crippen molar-refractivity contribution in [3.8, 4) is 23.0 Å². The number of ether oxygens (including phenoxy) is 2. The summed E-state index contributed by atoms with van der Waals surface area (Å²) in [6, 6.07) is 6.28. The SMILES string of the molecule is O=C1OC2(c3cc(Br)c(O)c(Br)c3Oc3c2cc(Br)c(O)c3Br)c2c(Cl)ccc(Cl)c21. The monoisotopic (exact) mass is 712 g/mol. The summed E-state index contributed by atoms with van der Waals surface area (Å²) in [5, 5.41) is 21.4. The van der Waals surface area contributed by atoms with E-state index in [4.69, 9.17) is 32.7 Å². The lowest BCUT2D eigenvalue weighted by molar-refractivity contribution is 0.0223. The quantitative estimate of drug-likeness (QED) is 0.231. The third kappa shape index (κ3) is 2.80. The van der Waals surface area contributed by atoms with Crippen LogP contribution >= 0.6 is 86.9 Å². The Bertz CT molecular complexity index is 1300. The molecule has 0 fully saturated rings. The smallest absolute Gasteiger partial charge is 0.341 e. The van der Waals surface area contributed by atoms with Crippen molar-refractivity contribution in [3.05, 3.63) is 74.5 Å². The van der Waals surface area contributed by atoms with Crippen LogP contribution in [0.25, 0.3) is 0 Å². The van der Waals surface area contributed by atoms with Crippen LogP contribution in [0, 0.1) is 0 Å². The first-order valence-corrected chi connectivity index (χ1v) is 12.3. The minimum atomic E-state index is -1.56. The lowest BCUT2D eigenvalue weighted by Gasteiger charge is -2.38. The predicted octanol–water partition coefficient (Wildman–Crippen LogP) is 8.02. The fourth-order valence-corrected chi connectivity index (χ4v) is 6.80. The van der Waals surface area contributed by atoms with E-state index in [2.05, 4.69) is 63.7 Å². The number of phenols is 2. The van der Waals surface area contributed by atoms with E-state index in [9.17, 15) is 15.0 Å². The van der Waals surface area contributed by atoms with Gasteiger partial charge in [0.2, 0.25) is 0 Å². The standard InChI is InChI=1S/C20H6Br4Cl2O5/c21-7-3-5-17(13(23)15(7)27)30-18-6(4-8(22)16(28)14(18)24)20(5)12-10(26)2-1-9(25)11(12)19(29)31-20/h1-4,27-28H. The molecule has 0 amide bonds.